The third-order valence-corrected chi connectivity index (χ3v) is 5.97. The van der Waals surface area contributed by atoms with Gasteiger partial charge in [-0.15, -0.1) is 0 Å². The van der Waals surface area contributed by atoms with Gasteiger partial charge < -0.3 is 10.4 Å². The molecule has 0 unspecified atom stereocenters. The Morgan fingerprint density at radius 1 is 1.25 bits per heavy atom. The van der Waals surface area contributed by atoms with Gasteiger partial charge in [-0.2, -0.15) is 0 Å². The number of hydrogen-bond acceptors (Lipinski definition) is 5. The van der Waals surface area contributed by atoms with Crippen LogP contribution >= 0.6 is 55.2 Å². The van der Waals surface area contributed by atoms with Crippen LogP contribution in [0.5, 0.6) is 5.75 Å². The van der Waals surface area contributed by atoms with Crippen molar-refractivity contribution >= 4 is 84.0 Å². The number of halogens is 3. The van der Waals surface area contributed by atoms with Gasteiger partial charge in [0.05, 0.1) is 20.1 Å². The van der Waals surface area contributed by atoms with Gasteiger partial charge in [-0.1, -0.05) is 39.7 Å². The summed E-state index contributed by atoms with van der Waals surface area (Å²) >= 11 is 13.2. The summed E-state index contributed by atoms with van der Waals surface area (Å²) in [5.74, 6) is -1.23. The van der Waals surface area contributed by atoms with Gasteiger partial charge in [0.1, 0.15) is 12.3 Å². The van der Waals surface area contributed by atoms with Gasteiger partial charge in [0, 0.05) is 10.0 Å². The standard InChI is InChI=1S/C18H11Br2ClN2O4S/c19-10-5-9(16(25)11(20)7-10)6-14-17(26)23(18(27)28-14)8-15(24)22-13-4-2-1-3-12(13)21/h1-7,25H,8H2,(H,22,24)/b14-6+. The average molecular weight is 547 g/mol. The van der Waals surface area contributed by atoms with E-state index in [2.05, 4.69) is 37.2 Å². The first kappa shape index (κ1) is 20.9. The number of rotatable bonds is 4. The molecule has 0 spiro atoms. The number of benzene rings is 2. The molecule has 2 aromatic carbocycles. The van der Waals surface area contributed by atoms with Crippen molar-refractivity contribution in [3.8, 4) is 5.75 Å². The van der Waals surface area contributed by atoms with E-state index in [1.807, 2.05) is 0 Å². The van der Waals surface area contributed by atoms with Crippen LogP contribution in [0.25, 0.3) is 6.08 Å². The number of phenolic OH excluding ortho intramolecular Hbond substituents is 1. The summed E-state index contributed by atoms with van der Waals surface area (Å²) in [6.07, 6.45) is 1.40. The summed E-state index contributed by atoms with van der Waals surface area (Å²) in [7, 11) is 0. The van der Waals surface area contributed by atoms with Crippen molar-refractivity contribution in [2.75, 3.05) is 11.9 Å². The molecule has 10 heteroatoms. The van der Waals surface area contributed by atoms with Crippen molar-refractivity contribution in [2.24, 2.45) is 0 Å². The molecule has 0 atom stereocenters. The summed E-state index contributed by atoms with van der Waals surface area (Å²) in [6, 6.07) is 9.90. The number of carbonyl (C=O) groups is 3. The number of phenols is 1. The van der Waals surface area contributed by atoms with Crippen molar-refractivity contribution < 1.29 is 19.5 Å². The number of carbonyl (C=O) groups excluding carboxylic acids is 3. The lowest BCUT2D eigenvalue weighted by Gasteiger charge is -2.13. The summed E-state index contributed by atoms with van der Waals surface area (Å²) in [6.45, 7) is -0.443. The second-order valence-electron chi connectivity index (χ2n) is 5.62. The van der Waals surface area contributed by atoms with E-state index in [9.17, 15) is 19.5 Å². The van der Waals surface area contributed by atoms with E-state index in [-0.39, 0.29) is 10.7 Å². The Morgan fingerprint density at radius 2 is 1.96 bits per heavy atom. The number of aromatic hydroxyl groups is 1. The molecule has 0 aliphatic carbocycles. The summed E-state index contributed by atoms with van der Waals surface area (Å²) in [5, 5.41) is 12.5. The fourth-order valence-corrected chi connectivity index (χ4v) is 4.64. The maximum absolute atomic E-state index is 12.6. The van der Waals surface area contributed by atoms with Gasteiger partial charge in [-0.05, 0) is 58.0 Å². The number of para-hydroxylation sites is 1. The van der Waals surface area contributed by atoms with E-state index in [0.29, 0.717) is 37.0 Å². The Balaban J connectivity index is 1.77. The predicted molar refractivity (Wildman–Crippen MR) is 116 cm³/mol. The monoisotopic (exact) mass is 544 g/mol. The van der Waals surface area contributed by atoms with Crippen LogP contribution in [0, 0.1) is 0 Å². The van der Waals surface area contributed by atoms with Crippen LogP contribution in [0.1, 0.15) is 5.56 Å². The fraction of sp³-hybridized carbons (Fsp3) is 0.0556. The highest BCUT2D eigenvalue weighted by Gasteiger charge is 2.36. The first-order chi connectivity index (χ1) is 13.3. The molecule has 1 aliphatic heterocycles. The Kier molecular flexibility index (Phi) is 6.49. The summed E-state index contributed by atoms with van der Waals surface area (Å²) in [5.41, 5.74) is 0.743. The van der Waals surface area contributed by atoms with E-state index >= 15 is 0 Å². The zero-order valence-electron chi connectivity index (χ0n) is 13.9. The van der Waals surface area contributed by atoms with Crippen LogP contribution in [0.15, 0.2) is 50.2 Å². The van der Waals surface area contributed by atoms with Crippen LogP contribution in [0.2, 0.25) is 5.02 Å². The zero-order chi connectivity index (χ0) is 20.4. The largest absolute Gasteiger partial charge is 0.506 e. The van der Waals surface area contributed by atoms with Gasteiger partial charge in [-0.3, -0.25) is 19.3 Å². The lowest BCUT2D eigenvalue weighted by Crippen LogP contribution is -2.36. The molecular weight excluding hydrogens is 536 g/mol. The van der Waals surface area contributed by atoms with Gasteiger partial charge in [0.25, 0.3) is 11.1 Å². The number of nitrogens with zero attached hydrogens (tertiary/aromatic N) is 1. The maximum atomic E-state index is 12.6. The molecule has 0 saturated carbocycles. The number of imide groups is 1. The first-order valence-corrected chi connectivity index (χ1v) is 10.5. The van der Waals surface area contributed by atoms with E-state index < -0.39 is 23.6 Å². The Hall–Kier alpha value is -1.81. The third-order valence-electron chi connectivity index (χ3n) is 3.67. The lowest BCUT2D eigenvalue weighted by atomic mass is 10.2. The topological polar surface area (TPSA) is 86.7 Å². The predicted octanol–water partition coefficient (Wildman–Crippen LogP) is 5.25. The highest BCUT2D eigenvalue weighted by molar-refractivity contribution is 9.11. The molecule has 1 saturated heterocycles. The maximum Gasteiger partial charge on any atom is 0.294 e. The smallest absolute Gasteiger partial charge is 0.294 e. The van der Waals surface area contributed by atoms with Crippen molar-refractivity contribution in [3.63, 3.8) is 0 Å². The molecule has 0 aromatic heterocycles. The van der Waals surface area contributed by atoms with Gasteiger partial charge in [0.15, 0.2) is 0 Å². The van der Waals surface area contributed by atoms with E-state index in [4.69, 9.17) is 11.6 Å². The van der Waals surface area contributed by atoms with Crippen LogP contribution in [0.4, 0.5) is 10.5 Å². The van der Waals surface area contributed by atoms with Gasteiger partial charge in [0.2, 0.25) is 5.91 Å². The zero-order valence-corrected chi connectivity index (χ0v) is 18.7. The second-order valence-corrected chi connectivity index (χ2v) is 8.79. The molecular formula is C18H11Br2ClN2O4S. The quantitative estimate of drug-likeness (QED) is 0.512. The molecule has 0 radical (unpaired) electrons. The minimum Gasteiger partial charge on any atom is -0.506 e. The van der Waals surface area contributed by atoms with Gasteiger partial charge >= 0.3 is 0 Å². The van der Waals surface area contributed by atoms with Crippen LogP contribution in [-0.4, -0.2) is 33.6 Å². The van der Waals surface area contributed by atoms with Gasteiger partial charge in [-0.25, -0.2) is 0 Å². The van der Waals surface area contributed by atoms with Crippen LogP contribution in [-0.2, 0) is 9.59 Å². The normalized spacial score (nSPS) is 15.4. The molecule has 3 rings (SSSR count). The van der Waals surface area contributed by atoms with Crippen molar-refractivity contribution in [3.05, 3.63) is 60.8 Å². The van der Waals surface area contributed by atoms with Crippen molar-refractivity contribution in [1.29, 1.82) is 0 Å². The lowest BCUT2D eigenvalue weighted by molar-refractivity contribution is -0.127. The van der Waals surface area contributed by atoms with Crippen molar-refractivity contribution in [1.82, 2.24) is 4.90 Å². The highest BCUT2D eigenvalue weighted by atomic mass is 79.9. The average Bonchev–Trinajstić information content (AvgIpc) is 2.88. The molecule has 2 N–H and O–H groups in total. The molecule has 144 valence electrons. The first-order valence-electron chi connectivity index (χ1n) is 7.74. The molecule has 1 aliphatic rings. The summed E-state index contributed by atoms with van der Waals surface area (Å²) < 4.78 is 1.12. The molecule has 6 nitrogen and oxygen atoms in total. The SMILES string of the molecule is O=C(CN1C(=O)S/C(=C/c2cc(Br)cc(Br)c2O)C1=O)Nc1ccccc1Cl. The van der Waals surface area contributed by atoms with E-state index in [1.165, 1.54) is 6.08 Å². The Labute approximate surface area is 186 Å². The van der Waals surface area contributed by atoms with E-state index in [0.717, 1.165) is 4.90 Å². The van der Waals surface area contributed by atoms with Crippen LogP contribution in [0.3, 0.4) is 0 Å². The minimum absolute atomic E-state index is 0.0635. The van der Waals surface area contributed by atoms with E-state index in [1.54, 1.807) is 36.4 Å². The minimum atomic E-state index is -0.611. The number of hydrogen-bond donors (Lipinski definition) is 2. The summed E-state index contributed by atoms with van der Waals surface area (Å²) in [4.78, 5) is 37.9. The number of anilines is 1. The highest BCUT2D eigenvalue weighted by Crippen LogP contribution is 2.37. The number of thioether (sulfide) groups is 1. The third kappa shape index (κ3) is 4.60. The molecule has 1 heterocycles. The Morgan fingerprint density at radius 3 is 2.68 bits per heavy atom. The molecule has 3 amide bonds. The van der Waals surface area contributed by atoms with Crippen LogP contribution < -0.4 is 5.32 Å². The number of amides is 3. The Bertz CT molecular complexity index is 1030. The number of nitrogens with one attached hydrogen (secondary N) is 1. The second kappa shape index (κ2) is 8.69. The molecule has 2 aromatic rings. The fourth-order valence-electron chi connectivity index (χ4n) is 2.37. The van der Waals surface area contributed by atoms with Crippen molar-refractivity contribution in [2.45, 2.75) is 0 Å². The molecule has 28 heavy (non-hydrogen) atoms. The molecule has 0 bridgehead atoms. The molecule has 1 fully saturated rings.